The fourth-order valence-corrected chi connectivity index (χ4v) is 8.43. The van der Waals surface area contributed by atoms with Crippen LogP contribution >= 0.6 is 0 Å². The van der Waals surface area contributed by atoms with Gasteiger partial charge >= 0.3 is 5.97 Å². The van der Waals surface area contributed by atoms with E-state index in [1.165, 1.54) is 36.7 Å². The lowest BCUT2D eigenvalue weighted by molar-refractivity contribution is -0.145. The van der Waals surface area contributed by atoms with Gasteiger partial charge in [-0.25, -0.2) is 25.8 Å². The summed E-state index contributed by atoms with van der Waals surface area (Å²) in [5.41, 5.74) is 1.04. The lowest BCUT2D eigenvalue weighted by atomic mass is 9.79. The van der Waals surface area contributed by atoms with Crippen LogP contribution in [0.5, 0.6) is 5.75 Å². The molecule has 0 radical (unpaired) electrons. The monoisotopic (exact) mass is 635 g/mol. The van der Waals surface area contributed by atoms with Gasteiger partial charge in [-0.3, -0.25) is 4.79 Å². The largest absolute Gasteiger partial charge is 0.492 e. The van der Waals surface area contributed by atoms with Crippen LogP contribution in [-0.4, -0.2) is 62.4 Å². The quantitative estimate of drug-likeness (QED) is 0.168. The number of esters is 1. The number of para-hydroxylation sites is 1. The molecule has 0 fully saturated rings. The Bertz CT molecular complexity index is 1870. The van der Waals surface area contributed by atoms with Crippen LogP contribution in [0.25, 0.3) is 0 Å². The molecular weight excluding hydrogens is 603 g/mol. The predicted octanol–water partition coefficient (Wildman–Crippen LogP) is 4.19. The number of methoxy groups -OCH3 is 1. The zero-order valence-corrected chi connectivity index (χ0v) is 26.0. The number of aromatic nitrogens is 2. The minimum Gasteiger partial charge on any atom is -0.492 e. The van der Waals surface area contributed by atoms with Crippen LogP contribution < -0.4 is 4.74 Å². The van der Waals surface area contributed by atoms with Crippen LogP contribution in [0.3, 0.4) is 0 Å². The van der Waals surface area contributed by atoms with E-state index in [9.17, 15) is 21.6 Å². The molecule has 0 spiro atoms. The Morgan fingerprint density at radius 2 is 1.61 bits per heavy atom. The van der Waals surface area contributed by atoms with Crippen molar-refractivity contribution in [3.8, 4) is 5.75 Å². The second-order valence-corrected chi connectivity index (χ2v) is 14.5. The summed E-state index contributed by atoms with van der Waals surface area (Å²) >= 11 is 0. The summed E-state index contributed by atoms with van der Waals surface area (Å²) in [5, 5.41) is 0. The lowest BCUT2D eigenvalue weighted by Crippen LogP contribution is -2.48. The number of sulfonamides is 1. The molecule has 1 aliphatic heterocycles. The number of benzene rings is 3. The normalized spacial score (nSPS) is 17.1. The molecule has 3 aromatic carbocycles. The Morgan fingerprint density at radius 3 is 2.27 bits per heavy atom. The second-order valence-electron chi connectivity index (χ2n) is 10.8. The van der Waals surface area contributed by atoms with E-state index in [-0.39, 0.29) is 28.6 Å². The number of carbonyl (C=O) groups is 1. The number of hydrogen-bond donors (Lipinski definition) is 0. The molecule has 5 rings (SSSR count). The van der Waals surface area contributed by atoms with Crippen LogP contribution in [0.15, 0.2) is 119 Å². The van der Waals surface area contributed by atoms with Gasteiger partial charge < -0.3 is 9.47 Å². The number of fused-ring (bicyclic) bond motifs is 1. The Morgan fingerprint density at radius 1 is 1.00 bits per heavy atom. The smallest absolute Gasteiger partial charge is 0.324 e. The highest BCUT2D eigenvalue weighted by atomic mass is 32.2. The topological polar surface area (TPSA) is 125 Å². The van der Waals surface area contributed by atoms with Crippen molar-refractivity contribution in [3.05, 3.63) is 121 Å². The molecule has 0 saturated heterocycles. The van der Waals surface area contributed by atoms with Crippen LogP contribution in [-0.2, 0) is 41.4 Å². The summed E-state index contributed by atoms with van der Waals surface area (Å²) in [7, 11) is -7.25. The number of rotatable bonds is 12. The van der Waals surface area contributed by atoms with Crippen molar-refractivity contribution in [2.24, 2.45) is 0 Å². The summed E-state index contributed by atoms with van der Waals surface area (Å²) in [6, 6.07) is 21.7. The molecule has 12 heteroatoms. The van der Waals surface area contributed by atoms with Gasteiger partial charge in [-0.15, -0.1) is 0 Å². The van der Waals surface area contributed by atoms with Crippen molar-refractivity contribution in [2.45, 2.75) is 41.0 Å². The first-order chi connectivity index (χ1) is 21.0. The van der Waals surface area contributed by atoms with Crippen LogP contribution in [0.4, 0.5) is 0 Å². The molecule has 10 nitrogen and oxygen atoms in total. The summed E-state index contributed by atoms with van der Waals surface area (Å²) in [4.78, 5) is 17.6. The molecule has 0 bridgehead atoms. The van der Waals surface area contributed by atoms with Crippen molar-refractivity contribution >= 4 is 26.0 Å². The van der Waals surface area contributed by atoms with Gasteiger partial charge in [0.1, 0.15) is 17.6 Å². The number of hydrogen-bond acceptors (Lipinski definition) is 8. The van der Waals surface area contributed by atoms with Gasteiger partial charge in [0.05, 0.1) is 23.5 Å². The van der Waals surface area contributed by atoms with Gasteiger partial charge in [0.2, 0.25) is 10.0 Å². The molecule has 230 valence electrons. The van der Waals surface area contributed by atoms with Gasteiger partial charge in [0.25, 0.3) is 10.0 Å². The Labute approximate surface area is 257 Å². The summed E-state index contributed by atoms with van der Waals surface area (Å²) in [6.07, 6.45) is 2.54. The number of ether oxygens (including phenoxy) is 2. The second kappa shape index (κ2) is 12.4. The van der Waals surface area contributed by atoms with Crippen molar-refractivity contribution in [2.75, 3.05) is 20.3 Å². The van der Waals surface area contributed by atoms with Crippen LogP contribution in [0.2, 0.25) is 0 Å². The molecule has 4 aromatic rings. The van der Waals surface area contributed by atoms with E-state index in [0.29, 0.717) is 18.6 Å². The van der Waals surface area contributed by atoms with Gasteiger partial charge in [-0.05, 0) is 36.8 Å². The molecule has 0 amide bonds. The third kappa shape index (κ3) is 6.05. The van der Waals surface area contributed by atoms with E-state index in [0.717, 1.165) is 26.7 Å². The third-order valence-electron chi connectivity index (χ3n) is 7.63. The fourth-order valence-electron chi connectivity index (χ4n) is 5.47. The zero-order valence-electron chi connectivity index (χ0n) is 24.4. The minimum atomic E-state index is -4.31. The van der Waals surface area contributed by atoms with Gasteiger partial charge in [0, 0.05) is 36.3 Å². The van der Waals surface area contributed by atoms with Crippen LogP contribution in [0, 0.1) is 0 Å². The molecule has 0 N–H and O–H groups in total. The maximum Gasteiger partial charge on any atom is 0.324 e. The van der Waals surface area contributed by atoms with E-state index in [1.807, 2.05) is 31.2 Å². The van der Waals surface area contributed by atoms with Crippen molar-refractivity contribution in [3.63, 3.8) is 0 Å². The van der Waals surface area contributed by atoms with Gasteiger partial charge in [0.15, 0.2) is 0 Å². The van der Waals surface area contributed by atoms with Crippen LogP contribution in [0.1, 0.15) is 24.7 Å². The predicted molar refractivity (Wildman–Crippen MR) is 164 cm³/mol. The molecule has 0 saturated carbocycles. The maximum atomic E-state index is 14.2. The first kappa shape index (κ1) is 31.2. The Kier molecular flexibility index (Phi) is 8.78. The molecule has 1 aromatic heterocycles. The molecule has 1 aliphatic rings. The van der Waals surface area contributed by atoms with Gasteiger partial charge in [-0.1, -0.05) is 73.7 Å². The summed E-state index contributed by atoms with van der Waals surface area (Å²) in [6.45, 7) is 6.38. The minimum absolute atomic E-state index is 0.0170. The van der Waals surface area contributed by atoms with Crippen molar-refractivity contribution < 1.29 is 31.1 Å². The van der Waals surface area contributed by atoms with E-state index >= 15 is 0 Å². The average Bonchev–Trinajstić information content (AvgIpc) is 3.64. The zero-order chi connectivity index (χ0) is 31.5. The van der Waals surface area contributed by atoms with E-state index in [2.05, 4.69) is 11.6 Å². The first-order valence-electron chi connectivity index (χ1n) is 13.8. The molecular formula is C32H33N3O7S2. The molecule has 44 heavy (non-hydrogen) atoms. The average molecular weight is 636 g/mol. The maximum absolute atomic E-state index is 14.2. The third-order valence-corrected chi connectivity index (χ3v) is 11.2. The standard InChI is InChI=1S/C32H33N3O7S2/c1-24(21-32(2)23-42-29-17-11-10-16-27(29)32)22-35(44(39,40)26-14-8-5-9-15-26)28(31(36)41-3)20-30-33-18-19-34(30)43(37,38)25-12-6-4-7-13-25/h4-19,28H,1,20-23H2,2-3H3/t28-,32?/m0/s1. The highest BCUT2D eigenvalue weighted by molar-refractivity contribution is 7.90. The first-order valence-corrected chi connectivity index (χ1v) is 16.7. The fraction of sp³-hybridized carbons (Fsp3) is 0.250. The Hall–Kier alpha value is -4.26. The van der Waals surface area contributed by atoms with Crippen molar-refractivity contribution in [1.29, 1.82) is 0 Å². The SMILES string of the molecule is C=C(CN([C@@H](Cc1nccn1S(=O)(=O)c1ccccc1)C(=O)OC)S(=O)(=O)c1ccccc1)CC1(C)COc2ccccc21. The number of imidazole rings is 1. The van der Waals surface area contributed by atoms with Gasteiger partial charge in [-0.2, -0.15) is 4.31 Å². The van der Waals surface area contributed by atoms with Crippen molar-refractivity contribution in [1.82, 2.24) is 13.3 Å². The highest BCUT2D eigenvalue weighted by Crippen LogP contribution is 2.42. The number of carbonyl (C=O) groups excluding carboxylic acids is 1. The van der Waals surface area contributed by atoms with E-state index < -0.39 is 37.5 Å². The van der Waals surface area contributed by atoms with E-state index in [1.54, 1.807) is 36.4 Å². The number of nitrogens with zero attached hydrogens (tertiary/aromatic N) is 3. The van der Waals surface area contributed by atoms with E-state index in [4.69, 9.17) is 9.47 Å². The summed E-state index contributed by atoms with van der Waals surface area (Å²) < 4.78 is 68.3. The summed E-state index contributed by atoms with van der Waals surface area (Å²) in [5.74, 6) is -0.145. The molecule has 2 heterocycles. The molecule has 2 atom stereocenters. The Balaban J connectivity index is 1.53. The lowest BCUT2D eigenvalue weighted by Gasteiger charge is -2.31. The highest BCUT2D eigenvalue weighted by Gasteiger charge is 2.41. The molecule has 1 unspecified atom stereocenters. The molecule has 0 aliphatic carbocycles.